The van der Waals surface area contributed by atoms with Crippen molar-refractivity contribution in [2.45, 2.75) is 11.1 Å². The zero-order valence-electron chi connectivity index (χ0n) is 7.47. The van der Waals surface area contributed by atoms with Crippen molar-refractivity contribution in [2.75, 3.05) is 0 Å². The maximum absolute atomic E-state index is 12.1. The molecule has 0 bridgehead atoms. The standard InChI is InChI=1S/C7H4BrF3O2S.Na/c8-5-2-1-4(7(9,10)11)3-6(5)14(12)13;/h1-3H,(H,12,13);/q;+1/p-1. The Balaban J connectivity index is 0.00000196. The summed E-state index contributed by atoms with van der Waals surface area (Å²) in [4.78, 5) is -0.403. The molecule has 1 aromatic carbocycles. The zero-order chi connectivity index (χ0) is 10.9. The van der Waals surface area contributed by atoms with E-state index < -0.39 is 27.7 Å². The maximum Gasteiger partial charge on any atom is 1.00 e. The van der Waals surface area contributed by atoms with Crippen LogP contribution in [0.3, 0.4) is 0 Å². The third kappa shape index (κ3) is 4.16. The van der Waals surface area contributed by atoms with Crippen molar-refractivity contribution in [3.8, 4) is 0 Å². The fraction of sp³-hybridized carbons (Fsp3) is 0.143. The van der Waals surface area contributed by atoms with Crippen LogP contribution < -0.4 is 29.6 Å². The van der Waals surface area contributed by atoms with Crippen molar-refractivity contribution in [3.05, 3.63) is 28.2 Å². The molecule has 0 N–H and O–H groups in total. The summed E-state index contributed by atoms with van der Waals surface area (Å²) in [7, 11) is 0. The number of rotatable bonds is 1. The SMILES string of the molecule is O=S([O-])c1cc(C(F)(F)F)ccc1Br.[Na+]. The van der Waals surface area contributed by atoms with Crippen molar-refractivity contribution in [1.82, 2.24) is 0 Å². The summed E-state index contributed by atoms with van der Waals surface area (Å²) < 4.78 is 57.6. The van der Waals surface area contributed by atoms with Crippen molar-refractivity contribution < 1.29 is 51.5 Å². The van der Waals surface area contributed by atoms with Crippen molar-refractivity contribution >= 4 is 27.0 Å². The van der Waals surface area contributed by atoms with Gasteiger partial charge in [0, 0.05) is 9.37 Å². The molecule has 1 rings (SSSR count). The van der Waals surface area contributed by atoms with Gasteiger partial charge in [-0.1, -0.05) is 0 Å². The van der Waals surface area contributed by atoms with Gasteiger partial charge in [-0.25, -0.2) is 0 Å². The van der Waals surface area contributed by atoms with Gasteiger partial charge >= 0.3 is 35.7 Å². The van der Waals surface area contributed by atoms with Crippen LogP contribution in [0, 0.1) is 0 Å². The number of benzene rings is 1. The van der Waals surface area contributed by atoms with Crippen LogP contribution in [0.15, 0.2) is 27.6 Å². The van der Waals surface area contributed by atoms with E-state index in [4.69, 9.17) is 0 Å². The minimum absolute atomic E-state index is 0. The molecule has 2 nitrogen and oxygen atoms in total. The van der Waals surface area contributed by atoms with Crippen LogP contribution in [-0.2, 0) is 17.3 Å². The van der Waals surface area contributed by atoms with E-state index in [0.717, 1.165) is 12.1 Å². The molecule has 0 heterocycles. The zero-order valence-corrected chi connectivity index (χ0v) is 11.9. The number of alkyl halides is 3. The number of hydrogen-bond acceptors (Lipinski definition) is 2. The van der Waals surface area contributed by atoms with Gasteiger partial charge in [0.05, 0.1) is 5.56 Å². The van der Waals surface area contributed by atoms with Gasteiger partial charge in [-0.3, -0.25) is 4.21 Å². The van der Waals surface area contributed by atoms with E-state index in [2.05, 4.69) is 15.9 Å². The molecule has 0 aromatic heterocycles. The number of hydrogen-bond donors (Lipinski definition) is 0. The quantitative estimate of drug-likeness (QED) is 0.528. The monoisotopic (exact) mass is 310 g/mol. The Labute approximate surface area is 117 Å². The van der Waals surface area contributed by atoms with E-state index in [1.807, 2.05) is 0 Å². The van der Waals surface area contributed by atoms with E-state index >= 15 is 0 Å². The minimum atomic E-state index is -4.53. The first-order valence-corrected chi connectivity index (χ1v) is 5.15. The first-order valence-electron chi connectivity index (χ1n) is 3.28. The summed E-state index contributed by atoms with van der Waals surface area (Å²) in [6.45, 7) is 0. The Kier molecular flexibility index (Phi) is 6.02. The average Bonchev–Trinajstić information content (AvgIpc) is 2.02. The molecule has 0 aliphatic carbocycles. The Bertz CT molecular complexity index is 383. The second-order valence-corrected chi connectivity index (χ2v) is 4.14. The smallest absolute Gasteiger partial charge is 0.768 e. The Morgan fingerprint density at radius 1 is 1.33 bits per heavy atom. The second-order valence-electron chi connectivity index (χ2n) is 2.38. The van der Waals surface area contributed by atoms with Crippen LogP contribution in [0.1, 0.15) is 5.56 Å². The van der Waals surface area contributed by atoms with Gasteiger partial charge in [0.15, 0.2) is 0 Å². The molecular formula is C7H3BrF3NaO2S. The molecule has 0 amide bonds. The molecule has 0 aliphatic heterocycles. The van der Waals surface area contributed by atoms with Crippen LogP contribution in [0.25, 0.3) is 0 Å². The third-order valence-corrected chi connectivity index (χ3v) is 3.09. The molecule has 1 aromatic rings. The summed E-state index contributed by atoms with van der Waals surface area (Å²) in [5, 5.41) is 0. The molecule has 15 heavy (non-hydrogen) atoms. The van der Waals surface area contributed by atoms with Gasteiger partial charge in [-0.05, 0) is 45.2 Å². The molecular weight excluding hydrogens is 308 g/mol. The molecule has 0 aliphatic rings. The minimum Gasteiger partial charge on any atom is -0.768 e. The summed E-state index contributed by atoms with van der Waals surface area (Å²) >= 11 is 0.155. The Hall–Kier alpha value is 0.600. The molecule has 0 spiro atoms. The van der Waals surface area contributed by atoms with Crippen LogP contribution in [0.2, 0.25) is 0 Å². The van der Waals surface area contributed by atoms with Gasteiger partial charge in [0.2, 0.25) is 0 Å². The van der Waals surface area contributed by atoms with Crippen LogP contribution in [-0.4, -0.2) is 8.76 Å². The van der Waals surface area contributed by atoms with Gasteiger partial charge in [0.25, 0.3) is 0 Å². The Morgan fingerprint density at radius 3 is 2.27 bits per heavy atom. The van der Waals surface area contributed by atoms with Crippen LogP contribution >= 0.6 is 15.9 Å². The van der Waals surface area contributed by atoms with Crippen molar-refractivity contribution in [2.24, 2.45) is 0 Å². The number of halogens is 4. The molecule has 1 unspecified atom stereocenters. The first-order chi connectivity index (χ1) is 6.32. The summed E-state index contributed by atoms with van der Waals surface area (Å²) in [5.41, 5.74) is -0.986. The normalized spacial score (nSPS) is 13.1. The maximum atomic E-state index is 12.1. The molecule has 0 fully saturated rings. The fourth-order valence-corrected chi connectivity index (χ4v) is 1.90. The molecule has 78 valence electrons. The van der Waals surface area contributed by atoms with Crippen LogP contribution in [0.4, 0.5) is 13.2 Å². The fourth-order valence-electron chi connectivity index (χ4n) is 0.807. The molecule has 0 saturated heterocycles. The largest absolute Gasteiger partial charge is 1.00 e. The topological polar surface area (TPSA) is 40.1 Å². The van der Waals surface area contributed by atoms with Crippen molar-refractivity contribution in [1.29, 1.82) is 0 Å². The molecule has 8 heteroatoms. The van der Waals surface area contributed by atoms with E-state index in [9.17, 15) is 21.9 Å². The van der Waals surface area contributed by atoms with E-state index in [0.29, 0.717) is 6.07 Å². The van der Waals surface area contributed by atoms with E-state index in [-0.39, 0.29) is 34.0 Å². The predicted octanol–water partition coefficient (Wildman–Crippen LogP) is -0.290. The molecule has 0 saturated carbocycles. The van der Waals surface area contributed by atoms with Crippen molar-refractivity contribution in [3.63, 3.8) is 0 Å². The average molecular weight is 311 g/mol. The van der Waals surface area contributed by atoms with E-state index in [1.54, 1.807) is 0 Å². The second kappa shape index (κ2) is 5.79. The van der Waals surface area contributed by atoms with Gasteiger partial charge in [0.1, 0.15) is 0 Å². The van der Waals surface area contributed by atoms with Gasteiger partial charge in [-0.15, -0.1) is 0 Å². The summed E-state index contributed by atoms with van der Waals surface area (Å²) in [6.07, 6.45) is -4.53. The third-order valence-electron chi connectivity index (χ3n) is 1.44. The van der Waals surface area contributed by atoms with Crippen LogP contribution in [0.5, 0.6) is 0 Å². The van der Waals surface area contributed by atoms with Gasteiger partial charge in [-0.2, -0.15) is 13.2 Å². The molecule has 0 radical (unpaired) electrons. The molecule has 1 atom stereocenters. The van der Waals surface area contributed by atoms with Gasteiger partial charge < -0.3 is 4.55 Å². The first kappa shape index (κ1) is 15.6. The summed E-state index contributed by atoms with van der Waals surface area (Å²) in [6, 6.07) is 2.43. The van der Waals surface area contributed by atoms with E-state index in [1.165, 1.54) is 0 Å². The predicted molar refractivity (Wildman–Crippen MR) is 46.3 cm³/mol. The summed E-state index contributed by atoms with van der Waals surface area (Å²) in [5.74, 6) is 0. The Morgan fingerprint density at radius 2 is 1.87 bits per heavy atom.